The number of ether oxygens (including phenoxy) is 1. The van der Waals surface area contributed by atoms with E-state index in [-0.39, 0.29) is 6.04 Å². The van der Waals surface area contributed by atoms with Crippen LogP contribution in [-0.4, -0.2) is 41.8 Å². The van der Waals surface area contributed by atoms with Crippen molar-refractivity contribution in [1.29, 1.82) is 0 Å². The van der Waals surface area contributed by atoms with Gasteiger partial charge in [0.25, 0.3) is 0 Å². The topological polar surface area (TPSA) is 32.7 Å². The van der Waals surface area contributed by atoms with Crippen molar-refractivity contribution < 1.29 is 9.84 Å². The first-order chi connectivity index (χ1) is 8.74. The molecule has 1 N–H and O–H groups in total. The van der Waals surface area contributed by atoms with Gasteiger partial charge >= 0.3 is 0 Å². The molecule has 3 nitrogen and oxygen atoms in total. The van der Waals surface area contributed by atoms with Gasteiger partial charge in [0.05, 0.1) is 19.3 Å². The molecule has 0 saturated carbocycles. The van der Waals surface area contributed by atoms with Crippen LogP contribution in [0.15, 0.2) is 30.3 Å². The summed E-state index contributed by atoms with van der Waals surface area (Å²) < 4.78 is 5.47. The number of rotatable bonds is 4. The average Bonchev–Trinajstić information content (AvgIpc) is 2.42. The van der Waals surface area contributed by atoms with Gasteiger partial charge in [-0.05, 0) is 18.9 Å². The second-order valence-corrected chi connectivity index (χ2v) is 4.99. The Morgan fingerprint density at radius 3 is 2.72 bits per heavy atom. The van der Waals surface area contributed by atoms with Gasteiger partial charge in [0.2, 0.25) is 0 Å². The molecule has 0 aliphatic carbocycles. The molecule has 1 aliphatic rings. The van der Waals surface area contributed by atoms with Crippen LogP contribution in [0.1, 0.15) is 31.9 Å². The summed E-state index contributed by atoms with van der Waals surface area (Å²) in [4.78, 5) is 2.38. The van der Waals surface area contributed by atoms with Crippen molar-refractivity contribution in [2.75, 3.05) is 19.8 Å². The van der Waals surface area contributed by atoms with Crippen LogP contribution in [0.2, 0.25) is 0 Å². The monoisotopic (exact) mass is 249 g/mol. The number of aliphatic hydroxyl groups excluding tert-OH is 1. The lowest BCUT2D eigenvalue weighted by Gasteiger charge is -2.41. The molecule has 1 heterocycles. The molecule has 18 heavy (non-hydrogen) atoms. The Labute approximate surface area is 109 Å². The average molecular weight is 249 g/mol. The molecule has 0 bridgehead atoms. The lowest BCUT2D eigenvalue weighted by Crippen LogP contribution is -2.51. The van der Waals surface area contributed by atoms with Crippen LogP contribution in [0, 0.1) is 0 Å². The summed E-state index contributed by atoms with van der Waals surface area (Å²) in [5.74, 6) is 0. The molecule has 3 atom stereocenters. The molecule has 2 rings (SSSR count). The molecule has 0 amide bonds. The third kappa shape index (κ3) is 2.91. The van der Waals surface area contributed by atoms with E-state index >= 15 is 0 Å². The second-order valence-electron chi connectivity index (χ2n) is 4.99. The zero-order chi connectivity index (χ0) is 13.0. The van der Waals surface area contributed by atoms with E-state index < -0.39 is 6.10 Å². The molecule has 1 aliphatic heterocycles. The van der Waals surface area contributed by atoms with Crippen LogP contribution in [0.25, 0.3) is 0 Å². The molecule has 0 radical (unpaired) electrons. The molecule has 1 aromatic rings. The van der Waals surface area contributed by atoms with E-state index in [1.54, 1.807) is 0 Å². The van der Waals surface area contributed by atoms with Crippen molar-refractivity contribution in [2.24, 2.45) is 0 Å². The molecule has 1 aromatic carbocycles. The van der Waals surface area contributed by atoms with E-state index in [9.17, 15) is 5.11 Å². The summed E-state index contributed by atoms with van der Waals surface area (Å²) >= 11 is 0. The summed E-state index contributed by atoms with van der Waals surface area (Å²) in [6, 6.07) is 10.5. The van der Waals surface area contributed by atoms with Crippen LogP contribution in [0.3, 0.4) is 0 Å². The highest BCUT2D eigenvalue weighted by atomic mass is 16.5. The fraction of sp³-hybridized carbons (Fsp3) is 0.600. The van der Waals surface area contributed by atoms with Crippen molar-refractivity contribution in [3.05, 3.63) is 35.9 Å². The van der Waals surface area contributed by atoms with Crippen LogP contribution in [-0.2, 0) is 4.74 Å². The SMILES string of the molecule is CCC(C(O)c1ccccc1)N1CCOCC1C. The minimum absolute atomic E-state index is 0.172. The predicted octanol–water partition coefficient (Wildman–Crippen LogP) is 2.22. The Kier molecular flexibility index (Phi) is 4.75. The molecule has 0 aromatic heterocycles. The maximum absolute atomic E-state index is 10.6. The lowest BCUT2D eigenvalue weighted by atomic mass is 9.97. The molecule has 3 heteroatoms. The van der Waals surface area contributed by atoms with Crippen molar-refractivity contribution in [1.82, 2.24) is 4.90 Å². The molecule has 3 unspecified atom stereocenters. The van der Waals surface area contributed by atoms with E-state index in [0.717, 1.165) is 31.7 Å². The van der Waals surface area contributed by atoms with Gasteiger partial charge in [0.15, 0.2) is 0 Å². The lowest BCUT2D eigenvalue weighted by molar-refractivity contribution is -0.0553. The zero-order valence-corrected chi connectivity index (χ0v) is 11.2. The van der Waals surface area contributed by atoms with E-state index in [1.165, 1.54) is 0 Å². The van der Waals surface area contributed by atoms with Crippen LogP contribution < -0.4 is 0 Å². The summed E-state index contributed by atoms with van der Waals surface area (Å²) in [5.41, 5.74) is 1.00. The van der Waals surface area contributed by atoms with Crippen LogP contribution in [0.4, 0.5) is 0 Å². The molecular weight excluding hydrogens is 226 g/mol. The summed E-state index contributed by atoms with van der Waals surface area (Å²) in [6.45, 7) is 6.74. The van der Waals surface area contributed by atoms with Gasteiger partial charge in [-0.15, -0.1) is 0 Å². The number of aliphatic hydroxyl groups is 1. The highest BCUT2D eigenvalue weighted by molar-refractivity contribution is 5.19. The minimum atomic E-state index is -0.420. The van der Waals surface area contributed by atoms with Crippen molar-refractivity contribution in [3.63, 3.8) is 0 Å². The first-order valence-electron chi connectivity index (χ1n) is 6.80. The number of hydrogen-bond donors (Lipinski definition) is 1. The van der Waals surface area contributed by atoms with Crippen molar-refractivity contribution >= 4 is 0 Å². The standard InChI is InChI=1S/C15H23NO2/c1-3-14(16-9-10-18-11-12(16)2)15(17)13-7-5-4-6-8-13/h4-8,12,14-15,17H,3,9-11H2,1-2H3. The minimum Gasteiger partial charge on any atom is -0.387 e. The van der Waals surface area contributed by atoms with Gasteiger partial charge in [0.1, 0.15) is 0 Å². The maximum Gasteiger partial charge on any atom is 0.0945 e. The first kappa shape index (κ1) is 13.5. The van der Waals surface area contributed by atoms with E-state index in [1.807, 2.05) is 30.3 Å². The van der Waals surface area contributed by atoms with E-state index in [4.69, 9.17) is 4.74 Å². The summed E-state index contributed by atoms with van der Waals surface area (Å²) in [6.07, 6.45) is 0.525. The molecule has 1 fully saturated rings. The van der Waals surface area contributed by atoms with Crippen molar-refractivity contribution in [3.8, 4) is 0 Å². The second kappa shape index (κ2) is 6.32. The van der Waals surface area contributed by atoms with Gasteiger partial charge in [-0.25, -0.2) is 0 Å². The normalized spacial score (nSPS) is 24.7. The van der Waals surface area contributed by atoms with Crippen LogP contribution in [0.5, 0.6) is 0 Å². The smallest absolute Gasteiger partial charge is 0.0945 e. The third-order valence-electron chi connectivity index (χ3n) is 3.77. The molecule has 0 spiro atoms. The molecule has 1 saturated heterocycles. The Hall–Kier alpha value is -0.900. The highest BCUT2D eigenvalue weighted by Crippen LogP contribution is 2.26. The Morgan fingerprint density at radius 1 is 1.39 bits per heavy atom. The Balaban J connectivity index is 2.12. The van der Waals surface area contributed by atoms with Gasteiger partial charge in [0, 0.05) is 18.6 Å². The number of benzene rings is 1. The van der Waals surface area contributed by atoms with Gasteiger partial charge in [-0.3, -0.25) is 4.90 Å². The number of morpholine rings is 1. The Morgan fingerprint density at radius 2 is 2.11 bits per heavy atom. The molecule has 100 valence electrons. The van der Waals surface area contributed by atoms with E-state index in [0.29, 0.717) is 6.04 Å². The number of nitrogens with zero attached hydrogens (tertiary/aromatic N) is 1. The fourth-order valence-electron chi connectivity index (χ4n) is 2.74. The number of hydrogen-bond acceptors (Lipinski definition) is 3. The first-order valence-corrected chi connectivity index (χ1v) is 6.80. The van der Waals surface area contributed by atoms with Crippen LogP contribution >= 0.6 is 0 Å². The third-order valence-corrected chi connectivity index (χ3v) is 3.77. The largest absolute Gasteiger partial charge is 0.387 e. The van der Waals surface area contributed by atoms with Crippen molar-refractivity contribution in [2.45, 2.75) is 38.5 Å². The van der Waals surface area contributed by atoms with Gasteiger partial charge in [-0.2, -0.15) is 0 Å². The summed E-state index contributed by atoms with van der Waals surface area (Å²) in [5, 5.41) is 10.6. The van der Waals surface area contributed by atoms with Gasteiger partial charge in [-0.1, -0.05) is 37.3 Å². The molecular formula is C15H23NO2. The fourth-order valence-corrected chi connectivity index (χ4v) is 2.74. The zero-order valence-electron chi connectivity index (χ0n) is 11.2. The summed E-state index contributed by atoms with van der Waals surface area (Å²) in [7, 11) is 0. The maximum atomic E-state index is 10.6. The Bertz CT molecular complexity index is 355. The van der Waals surface area contributed by atoms with E-state index in [2.05, 4.69) is 18.7 Å². The quantitative estimate of drug-likeness (QED) is 0.888. The van der Waals surface area contributed by atoms with Gasteiger partial charge < -0.3 is 9.84 Å². The predicted molar refractivity (Wildman–Crippen MR) is 72.5 cm³/mol. The highest BCUT2D eigenvalue weighted by Gasteiger charge is 2.30.